The highest BCUT2D eigenvalue weighted by atomic mass is 35.5. The van der Waals surface area contributed by atoms with Gasteiger partial charge >= 0.3 is 5.51 Å². The second-order valence-electron chi connectivity index (χ2n) is 7.04. The standard InChI is InChI=1S/C22H19ClNO2.CHF3O3S/c1-24-19(14-21(25)16-6-3-2-4-7-16)8-5-9-20(24)15-22(26)17-10-12-18(23)13-11-17;2-1(3,4)8(5,6)7/h2-13H,14-15H2,1H3;(H,5,6,7)/q+1;/p-1. The largest absolute Gasteiger partial charge is 0.741 e. The summed E-state index contributed by atoms with van der Waals surface area (Å²) in [6.07, 6.45) is 0.564. The van der Waals surface area contributed by atoms with Crippen molar-refractivity contribution in [2.75, 3.05) is 0 Å². The first-order valence-corrected chi connectivity index (χ1v) is 11.4. The third-order valence-electron chi connectivity index (χ3n) is 4.67. The first-order valence-electron chi connectivity index (χ1n) is 9.65. The maximum Gasteiger partial charge on any atom is 0.485 e. The smallest absolute Gasteiger partial charge is 0.485 e. The Morgan fingerprint density at radius 3 is 1.65 bits per heavy atom. The van der Waals surface area contributed by atoms with Gasteiger partial charge in [-0.05, 0) is 30.3 Å². The minimum absolute atomic E-state index is 0.0174. The Kier molecular flexibility index (Phi) is 9.08. The molecule has 1 aromatic heterocycles. The van der Waals surface area contributed by atoms with Crippen LogP contribution in [0.2, 0.25) is 5.02 Å². The Hall–Kier alpha value is -3.08. The van der Waals surface area contributed by atoms with Gasteiger partial charge < -0.3 is 4.55 Å². The van der Waals surface area contributed by atoms with E-state index in [1.807, 2.05) is 60.1 Å². The predicted molar refractivity (Wildman–Crippen MR) is 117 cm³/mol. The fourth-order valence-electron chi connectivity index (χ4n) is 2.83. The number of carbonyl (C=O) groups excluding carboxylic acids is 2. The second kappa shape index (κ2) is 11.4. The summed E-state index contributed by atoms with van der Waals surface area (Å²) in [6.45, 7) is 0. The molecule has 6 nitrogen and oxygen atoms in total. The summed E-state index contributed by atoms with van der Waals surface area (Å²) in [5.74, 6) is 0.0752. The molecule has 0 bridgehead atoms. The minimum atomic E-state index is -6.09. The van der Waals surface area contributed by atoms with Crippen molar-refractivity contribution in [3.8, 4) is 0 Å². The molecule has 0 saturated carbocycles. The third kappa shape index (κ3) is 7.75. The molecule has 0 spiro atoms. The number of aromatic nitrogens is 1. The highest BCUT2D eigenvalue weighted by Gasteiger charge is 2.36. The van der Waals surface area contributed by atoms with Crippen LogP contribution in [0.15, 0.2) is 72.8 Å². The number of pyridine rings is 1. The second-order valence-corrected chi connectivity index (χ2v) is 8.85. The van der Waals surface area contributed by atoms with E-state index in [4.69, 9.17) is 24.6 Å². The lowest BCUT2D eigenvalue weighted by molar-refractivity contribution is -0.685. The van der Waals surface area contributed by atoms with Crippen LogP contribution in [-0.2, 0) is 30.0 Å². The molecule has 3 aromatic rings. The van der Waals surface area contributed by atoms with Crippen LogP contribution in [0.4, 0.5) is 13.2 Å². The molecule has 0 unspecified atom stereocenters. The molecule has 1 heterocycles. The van der Waals surface area contributed by atoms with Gasteiger partial charge in [-0.2, -0.15) is 13.2 Å². The lowest BCUT2D eigenvalue weighted by Gasteiger charge is -2.08. The Balaban J connectivity index is 0.000000440. The molecule has 0 fully saturated rings. The van der Waals surface area contributed by atoms with Gasteiger partial charge in [0, 0.05) is 28.3 Å². The van der Waals surface area contributed by atoms with Crippen LogP contribution in [0.5, 0.6) is 0 Å². The quantitative estimate of drug-likeness (QED) is 0.214. The predicted octanol–water partition coefficient (Wildman–Crippen LogP) is 4.07. The maximum absolute atomic E-state index is 12.5. The number of hydrogen-bond acceptors (Lipinski definition) is 5. The number of nitrogens with zero attached hydrogens (tertiary/aromatic N) is 1. The summed E-state index contributed by atoms with van der Waals surface area (Å²) in [5.41, 5.74) is -2.59. The minimum Gasteiger partial charge on any atom is -0.741 e. The molecule has 0 radical (unpaired) electrons. The van der Waals surface area contributed by atoms with E-state index in [0.29, 0.717) is 22.6 Å². The maximum atomic E-state index is 12.5. The fourth-order valence-corrected chi connectivity index (χ4v) is 2.95. The summed E-state index contributed by atoms with van der Waals surface area (Å²) in [7, 11) is -4.20. The van der Waals surface area contributed by atoms with E-state index in [0.717, 1.165) is 11.4 Å². The number of carbonyl (C=O) groups is 2. The molecule has 0 N–H and O–H groups in total. The summed E-state index contributed by atoms with van der Waals surface area (Å²) < 4.78 is 60.8. The van der Waals surface area contributed by atoms with Gasteiger partial charge in [0.25, 0.3) is 0 Å². The monoisotopic (exact) mass is 513 g/mol. The fraction of sp³-hybridized carbons (Fsp3) is 0.174. The first-order chi connectivity index (χ1) is 15.8. The van der Waals surface area contributed by atoms with Gasteiger partial charge in [-0.25, -0.2) is 13.0 Å². The molecule has 2 aromatic carbocycles. The number of hydrogen-bond donors (Lipinski definition) is 0. The lowest BCUT2D eigenvalue weighted by atomic mass is 10.0. The number of benzene rings is 2. The van der Waals surface area contributed by atoms with Gasteiger partial charge in [0.15, 0.2) is 33.1 Å². The normalized spacial score (nSPS) is 11.4. The lowest BCUT2D eigenvalue weighted by Crippen LogP contribution is -2.40. The molecule has 11 heteroatoms. The molecule has 34 heavy (non-hydrogen) atoms. The van der Waals surface area contributed by atoms with Crippen molar-refractivity contribution >= 4 is 33.3 Å². The van der Waals surface area contributed by atoms with Gasteiger partial charge in [0.1, 0.15) is 7.05 Å². The third-order valence-corrected chi connectivity index (χ3v) is 5.49. The zero-order valence-corrected chi connectivity index (χ0v) is 19.3. The van der Waals surface area contributed by atoms with E-state index in [9.17, 15) is 22.8 Å². The molecular formula is C23H19ClF3NO5S. The molecule has 0 atom stereocenters. The Morgan fingerprint density at radius 1 is 0.824 bits per heavy atom. The number of alkyl halides is 3. The van der Waals surface area contributed by atoms with Crippen molar-refractivity contribution in [3.63, 3.8) is 0 Å². The van der Waals surface area contributed by atoms with E-state index in [1.54, 1.807) is 24.3 Å². The van der Waals surface area contributed by atoms with Crippen LogP contribution in [0.1, 0.15) is 32.1 Å². The van der Waals surface area contributed by atoms with Gasteiger partial charge in [0.2, 0.25) is 0 Å². The van der Waals surface area contributed by atoms with Crippen LogP contribution < -0.4 is 4.57 Å². The van der Waals surface area contributed by atoms with Crippen molar-refractivity contribution in [2.24, 2.45) is 7.05 Å². The number of halogens is 4. The summed E-state index contributed by atoms with van der Waals surface area (Å²) >= 11 is 5.87. The molecule has 0 amide bonds. The van der Waals surface area contributed by atoms with Crippen LogP contribution in [-0.4, -0.2) is 30.0 Å². The van der Waals surface area contributed by atoms with Crippen molar-refractivity contribution < 1.29 is 40.3 Å². The molecule has 0 aliphatic rings. The molecule has 0 saturated heterocycles. The first kappa shape index (κ1) is 27.2. The van der Waals surface area contributed by atoms with E-state index in [1.165, 1.54) is 0 Å². The zero-order valence-electron chi connectivity index (χ0n) is 17.8. The molecule has 3 rings (SSSR count). The summed E-state index contributed by atoms with van der Waals surface area (Å²) in [5, 5.41) is 0.605. The van der Waals surface area contributed by atoms with E-state index < -0.39 is 15.6 Å². The highest BCUT2D eigenvalue weighted by molar-refractivity contribution is 7.86. The SMILES string of the molecule is C[n+]1c(CC(=O)c2ccccc2)cccc1CC(=O)c1ccc(Cl)cc1.O=S(=O)([O-])C(F)(F)F. The van der Waals surface area contributed by atoms with Crippen molar-refractivity contribution in [1.82, 2.24) is 0 Å². The van der Waals surface area contributed by atoms with Crippen LogP contribution in [0, 0.1) is 0 Å². The average Bonchev–Trinajstić information content (AvgIpc) is 2.76. The summed E-state index contributed by atoms with van der Waals surface area (Å²) in [6, 6.07) is 21.8. The number of rotatable bonds is 6. The molecule has 180 valence electrons. The average molecular weight is 514 g/mol. The Labute approximate surface area is 199 Å². The Bertz CT molecular complexity index is 1260. The van der Waals surface area contributed by atoms with E-state index >= 15 is 0 Å². The van der Waals surface area contributed by atoms with Gasteiger partial charge in [0.05, 0.1) is 12.8 Å². The van der Waals surface area contributed by atoms with Crippen LogP contribution >= 0.6 is 11.6 Å². The van der Waals surface area contributed by atoms with E-state index in [2.05, 4.69) is 0 Å². The van der Waals surface area contributed by atoms with E-state index in [-0.39, 0.29) is 18.0 Å². The van der Waals surface area contributed by atoms with Crippen LogP contribution in [0.25, 0.3) is 0 Å². The molecule has 0 aliphatic heterocycles. The van der Waals surface area contributed by atoms with Crippen LogP contribution in [0.3, 0.4) is 0 Å². The highest BCUT2D eigenvalue weighted by Crippen LogP contribution is 2.20. The van der Waals surface area contributed by atoms with Gasteiger partial charge in [-0.1, -0.05) is 41.9 Å². The Morgan fingerprint density at radius 2 is 1.24 bits per heavy atom. The van der Waals surface area contributed by atoms with Gasteiger partial charge in [-0.3, -0.25) is 9.59 Å². The van der Waals surface area contributed by atoms with Crippen molar-refractivity contribution in [2.45, 2.75) is 18.3 Å². The number of Topliss-reactive ketones (excluding diaryl/α,β-unsaturated/α-hetero) is 2. The zero-order chi connectivity index (χ0) is 25.5. The molecule has 0 aliphatic carbocycles. The van der Waals surface area contributed by atoms with Crippen molar-refractivity contribution in [1.29, 1.82) is 0 Å². The van der Waals surface area contributed by atoms with Gasteiger partial charge in [-0.15, -0.1) is 0 Å². The topological polar surface area (TPSA) is 95.2 Å². The number of ketones is 2. The molecular weight excluding hydrogens is 495 g/mol. The van der Waals surface area contributed by atoms with Crippen molar-refractivity contribution in [3.05, 3.63) is 100 Å². The summed E-state index contributed by atoms with van der Waals surface area (Å²) in [4.78, 5) is 25.0.